The number of primary amides is 1. The van der Waals surface area contributed by atoms with Gasteiger partial charge in [-0.25, -0.2) is 8.42 Å². The molecule has 0 aliphatic carbocycles. The van der Waals surface area contributed by atoms with Crippen molar-refractivity contribution in [1.82, 2.24) is 5.32 Å². The van der Waals surface area contributed by atoms with Crippen LogP contribution in [0.1, 0.15) is 22.8 Å². The van der Waals surface area contributed by atoms with E-state index in [4.69, 9.17) is 5.73 Å². The van der Waals surface area contributed by atoms with Crippen LogP contribution in [0.25, 0.3) is 0 Å². The quantitative estimate of drug-likeness (QED) is 0.789. The number of carbonyl (C=O) groups is 2. The Labute approximate surface area is 123 Å². The van der Waals surface area contributed by atoms with E-state index < -0.39 is 21.8 Å². The zero-order chi connectivity index (χ0) is 15.8. The standard InChI is InChI=1S/C13H17N3O4S/c1-8-5-10-6-9(13(18)15-7-12(14)17)3-4-11(10)16(8)21(2,19)20/h3-4,6,8H,5,7H2,1-2H3,(H2,14,17)(H,15,18)/t8-/m0/s1. The molecule has 0 unspecified atom stereocenters. The van der Waals surface area contributed by atoms with Crippen LogP contribution < -0.4 is 15.4 Å². The van der Waals surface area contributed by atoms with Gasteiger partial charge in [-0.1, -0.05) is 0 Å². The summed E-state index contributed by atoms with van der Waals surface area (Å²) < 4.78 is 25.0. The SMILES string of the molecule is C[C@H]1Cc2cc(C(=O)NCC(N)=O)ccc2N1S(C)(=O)=O. The first-order chi connectivity index (χ1) is 9.70. The van der Waals surface area contributed by atoms with E-state index in [0.717, 1.165) is 11.8 Å². The molecule has 1 aromatic rings. The third kappa shape index (κ3) is 3.15. The number of nitrogens with two attached hydrogens (primary N) is 1. The Morgan fingerprint density at radius 1 is 1.43 bits per heavy atom. The van der Waals surface area contributed by atoms with E-state index in [1.165, 1.54) is 10.4 Å². The number of sulfonamides is 1. The van der Waals surface area contributed by atoms with Gasteiger partial charge in [0.15, 0.2) is 0 Å². The number of fused-ring (bicyclic) bond motifs is 1. The lowest BCUT2D eigenvalue weighted by molar-refractivity contribution is -0.117. The highest BCUT2D eigenvalue weighted by Gasteiger charge is 2.32. The number of rotatable bonds is 4. The second-order valence-electron chi connectivity index (χ2n) is 5.10. The van der Waals surface area contributed by atoms with E-state index in [9.17, 15) is 18.0 Å². The predicted molar refractivity (Wildman–Crippen MR) is 78.5 cm³/mol. The van der Waals surface area contributed by atoms with Crippen LogP contribution in [0.4, 0.5) is 5.69 Å². The Morgan fingerprint density at radius 3 is 2.67 bits per heavy atom. The molecule has 0 fully saturated rings. The highest BCUT2D eigenvalue weighted by Crippen LogP contribution is 2.34. The van der Waals surface area contributed by atoms with Gasteiger partial charge in [-0.2, -0.15) is 0 Å². The van der Waals surface area contributed by atoms with Gasteiger partial charge in [0, 0.05) is 11.6 Å². The fourth-order valence-electron chi connectivity index (χ4n) is 2.52. The molecule has 1 aliphatic rings. The molecule has 1 aliphatic heterocycles. The molecule has 1 aromatic carbocycles. The average Bonchev–Trinajstić information content (AvgIpc) is 2.70. The lowest BCUT2D eigenvalue weighted by Gasteiger charge is -2.21. The number of anilines is 1. The maximum absolute atomic E-state index is 11.9. The second kappa shape index (κ2) is 5.36. The Bertz CT molecular complexity index is 699. The van der Waals surface area contributed by atoms with E-state index in [-0.39, 0.29) is 12.6 Å². The Morgan fingerprint density at radius 2 is 2.10 bits per heavy atom. The summed E-state index contributed by atoms with van der Waals surface area (Å²) in [6.07, 6.45) is 1.70. The first-order valence-electron chi connectivity index (χ1n) is 6.39. The molecule has 114 valence electrons. The van der Waals surface area contributed by atoms with Crippen LogP contribution >= 0.6 is 0 Å². The summed E-state index contributed by atoms with van der Waals surface area (Å²) in [4.78, 5) is 22.5. The van der Waals surface area contributed by atoms with Gasteiger partial charge in [0.05, 0.1) is 18.5 Å². The second-order valence-corrected chi connectivity index (χ2v) is 6.96. The predicted octanol–water partition coefficient (Wildman–Crippen LogP) is -0.388. The van der Waals surface area contributed by atoms with Crippen LogP contribution in [0.2, 0.25) is 0 Å². The molecule has 0 saturated heterocycles. The number of nitrogens with zero attached hydrogens (tertiary/aromatic N) is 1. The summed E-state index contributed by atoms with van der Waals surface area (Å²) in [7, 11) is -3.35. The molecule has 0 aromatic heterocycles. The molecule has 0 bridgehead atoms. The monoisotopic (exact) mass is 311 g/mol. The van der Waals surface area contributed by atoms with E-state index in [1.807, 2.05) is 6.92 Å². The Hall–Kier alpha value is -2.09. The average molecular weight is 311 g/mol. The smallest absolute Gasteiger partial charge is 0.251 e. The topological polar surface area (TPSA) is 110 Å². The van der Waals surface area contributed by atoms with E-state index in [0.29, 0.717) is 17.7 Å². The van der Waals surface area contributed by atoms with Gasteiger partial charge in [-0.05, 0) is 37.1 Å². The summed E-state index contributed by atoms with van der Waals surface area (Å²) in [6.45, 7) is 1.58. The molecule has 8 heteroatoms. The summed E-state index contributed by atoms with van der Waals surface area (Å²) >= 11 is 0. The fourth-order valence-corrected chi connectivity index (χ4v) is 3.78. The van der Waals surface area contributed by atoms with Crippen molar-refractivity contribution in [2.75, 3.05) is 17.1 Å². The molecule has 2 amide bonds. The molecule has 1 heterocycles. The molecule has 1 atom stereocenters. The van der Waals surface area contributed by atoms with E-state index in [1.54, 1.807) is 12.1 Å². The van der Waals surface area contributed by atoms with Crippen LogP contribution in [0, 0.1) is 0 Å². The van der Waals surface area contributed by atoms with Crippen molar-refractivity contribution < 1.29 is 18.0 Å². The fraction of sp³-hybridized carbons (Fsp3) is 0.385. The Kier molecular flexibility index (Phi) is 3.91. The maximum atomic E-state index is 11.9. The minimum Gasteiger partial charge on any atom is -0.368 e. The number of amides is 2. The van der Waals surface area contributed by atoms with Gasteiger partial charge >= 0.3 is 0 Å². The molecule has 7 nitrogen and oxygen atoms in total. The van der Waals surface area contributed by atoms with Crippen molar-refractivity contribution in [2.45, 2.75) is 19.4 Å². The normalized spacial score (nSPS) is 17.4. The summed E-state index contributed by atoms with van der Waals surface area (Å²) in [6, 6.07) is 4.61. The number of nitrogens with one attached hydrogen (secondary N) is 1. The summed E-state index contributed by atoms with van der Waals surface area (Å²) in [5, 5.41) is 2.40. The molecule has 3 N–H and O–H groups in total. The molecule has 0 saturated carbocycles. The first kappa shape index (κ1) is 15.3. The number of carbonyl (C=O) groups excluding carboxylic acids is 2. The zero-order valence-electron chi connectivity index (χ0n) is 11.8. The molecular formula is C13H17N3O4S. The third-order valence-electron chi connectivity index (χ3n) is 3.28. The van der Waals surface area contributed by atoms with Crippen molar-refractivity contribution in [3.63, 3.8) is 0 Å². The van der Waals surface area contributed by atoms with Gasteiger partial charge in [-0.15, -0.1) is 0 Å². The molecule has 0 spiro atoms. The van der Waals surface area contributed by atoms with Crippen molar-refractivity contribution in [3.8, 4) is 0 Å². The third-order valence-corrected chi connectivity index (χ3v) is 4.55. The zero-order valence-corrected chi connectivity index (χ0v) is 12.6. The molecular weight excluding hydrogens is 294 g/mol. The van der Waals surface area contributed by atoms with Crippen molar-refractivity contribution >= 4 is 27.5 Å². The largest absolute Gasteiger partial charge is 0.368 e. The van der Waals surface area contributed by atoms with Crippen molar-refractivity contribution in [2.24, 2.45) is 5.73 Å². The molecule has 21 heavy (non-hydrogen) atoms. The number of hydrogen-bond donors (Lipinski definition) is 2. The molecule has 2 rings (SSSR count). The van der Waals surface area contributed by atoms with Gasteiger partial charge in [0.25, 0.3) is 5.91 Å². The minimum absolute atomic E-state index is 0.182. The maximum Gasteiger partial charge on any atom is 0.251 e. The molecule has 0 radical (unpaired) electrons. The summed E-state index contributed by atoms with van der Waals surface area (Å²) in [5.74, 6) is -1.04. The summed E-state index contributed by atoms with van der Waals surface area (Å²) in [5.41, 5.74) is 6.72. The highest BCUT2D eigenvalue weighted by molar-refractivity contribution is 7.92. The van der Waals surface area contributed by atoms with E-state index >= 15 is 0 Å². The van der Waals surface area contributed by atoms with Crippen LogP contribution in [0.5, 0.6) is 0 Å². The highest BCUT2D eigenvalue weighted by atomic mass is 32.2. The Balaban J connectivity index is 2.28. The van der Waals surface area contributed by atoms with Crippen molar-refractivity contribution in [1.29, 1.82) is 0 Å². The minimum atomic E-state index is -3.35. The number of hydrogen-bond acceptors (Lipinski definition) is 4. The van der Waals surface area contributed by atoms with Gasteiger partial charge in [-0.3, -0.25) is 13.9 Å². The van der Waals surface area contributed by atoms with Gasteiger partial charge in [0.2, 0.25) is 15.9 Å². The lowest BCUT2D eigenvalue weighted by atomic mass is 10.1. The van der Waals surface area contributed by atoms with Crippen LogP contribution in [0.15, 0.2) is 18.2 Å². The number of benzene rings is 1. The van der Waals surface area contributed by atoms with Gasteiger partial charge < -0.3 is 11.1 Å². The lowest BCUT2D eigenvalue weighted by Crippen LogP contribution is -2.34. The van der Waals surface area contributed by atoms with Crippen LogP contribution in [0.3, 0.4) is 0 Å². The van der Waals surface area contributed by atoms with Crippen LogP contribution in [-0.2, 0) is 21.2 Å². The van der Waals surface area contributed by atoms with E-state index in [2.05, 4.69) is 5.32 Å². The van der Waals surface area contributed by atoms with Crippen LogP contribution in [-0.4, -0.2) is 39.1 Å². The van der Waals surface area contributed by atoms with Crippen molar-refractivity contribution in [3.05, 3.63) is 29.3 Å². The van der Waals surface area contributed by atoms with Gasteiger partial charge in [0.1, 0.15) is 0 Å². The first-order valence-corrected chi connectivity index (χ1v) is 8.24.